The van der Waals surface area contributed by atoms with Crippen LogP contribution in [0, 0.1) is 0 Å². The second-order valence-electron chi connectivity index (χ2n) is 7.14. The van der Waals surface area contributed by atoms with E-state index < -0.39 is 0 Å². The van der Waals surface area contributed by atoms with Crippen LogP contribution in [0.1, 0.15) is 26.3 Å². The van der Waals surface area contributed by atoms with Gasteiger partial charge >= 0.3 is 0 Å². The van der Waals surface area contributed by atoms with Crippen molar-refractivity contribution in [2.24, 2.45) is 0 Å². The third kappa shape index (κ3) is 4.05. The quantitative estimate of drug-likeness (QED) is 0.676. The first kappa shape index (κ1) is 16.3. The molecule has 0 unspecified atom stereocenters. The molecule has 24 heavy (non-hydrogen) atoms. The highest BCUT2D eigenvalue weighted by atomic mass is 15.0. The molecule has 0 spiro atoms. The molecule has 0 bridgehead atoms. The Morgan fingerprint density at radius 2 is 1.17 bits per heavy atom. The molecular formula is C21H25N3+2. The van der Waals surface area contributed by atoms with Gasteiger partial charge in [-0.3, -0.25) is 4.98 Å². The predicted molar refractivity (Wildman–Crippen MR) is 95.2 cm³/mol. The molecule has 3 rings (SSSR count). The van der Waals surface area contributed by atoms with E-state index in [4.69, 9.17) is 0 Å². The number of nitrogens with zero attached hydrogens (tertiary/aromatic N) is 3. The molecule has 0 saturated heterocycles. The summed E-state index contributed by atoms with van der Waals surface area (Å²) in [5, 5.41) is 0. The van der Waals surface area contributed by atoms with Crippen LogP contribution in [-0.2, 0) is 18.5 Å². The minimum Gasteiger partial charge on any atom is -0.265 e. The number of aryl methyl sites for hydroxylation is 2. The van der Waals surface area contributed by atoms with Crippen molar-refractivity contribution in [3.05, 3.63) is 79.1 Å². The van der Waals surface area contributed by atoms with Crippen molar-refractivity contribution in [3.63, 3.8) is 0 Å². The topological polar surface area (TPSA) is 20.6 Å². The summed E-state index contributed by atoms with van der Waals surface area (Å²) < 4.78 is 4.45. The molecule has 3 aromatic rings. The minimum atomic E-state index is 0.205. The molecule has 0 fully saturated rings. The van der Waals surface area contributed by atoms with E-state index in [9.17, 15) is 0 Å². The molecule has 122 valence electrons. The Bertz CT molecular complexity index is 770. The molecule has 0 aliphatic rings. The van der Waals surface area contributed by atoms with E-state index in [-0.39, 0.29) is 5.41 Å². The molecule has 3 nitrogen and oxygen atoms in total. The van der Waals surface area contributed by atoms with Crippen LogP contribution in [0.15, 0.2) is 73.6 Å². The Hall–Kier alpha value is -2.55. The van der Waals surface area contributed by atoms with Crippen molar-refractivity contribution >= 4 is 0 Å². The summed E-state index contributed by atoms with van der Waals surface area (Å²) in [5.74, 6) is 0. The third-order valence-corrected chi connectivity index (χ3v) is 4.28. The number of hydrogen-bond acceptors (Lipinski definition) is 1. The van der Waals surface area contributed by atoms with Gasteiger partial charge in [-0.15, -0.1) is 0 Å². The van der Waals surface area contributed by atoms with Crippen LogP contribution in [0.25, 0.3) is 11.1 Å². The predicted octanol–water partition coefficient (Wildman–Crippen LogP) is 3.32. The molecule has 0 aromatic carbocycles. The molecule has 0 N–H and O–H groups in total. The largest absolute Gasteiger partial charge is 0.265 e. The Kier molecular flexibility index (Phi) is 4.70. The molecule has 0 saturated carbocycles. The lowest BCUT2D eigenvalue weighted by atomic mass is 9.88. The normalized spacial score (nSPS) is 11.5. The van der Waals surface area contributed by atoms with Gasteiger partial charge in [0.1, 0.15) is 0 Å². The summed E-state index contributed by atoms with van der Waals surface area (Å²) in [5.41, 5.74) is 3.99. The van der Waals surface area contributed by atoms with E-state index in [0.717, 1.165) is 13.1 Å². The van der Waals surface area contributed by atoms with E-state index in [0.29, 0.717) is 0 Å². The van der Waals surface area contributed by atoms with Crippen LogP contribution in [-0.4, -0.2) is 4.98 Å². The number of hydrogen-bond donors (Lipinski definition) is 0. The Balaban J connectivity index is 1.63. The molecular weight excluding hydrogens is 294 g/mol. The van der Waals surface area contributed by atoms with Gasteiger partial charge in [0.05, 0.1) is 0 Å². The van der Waals surface area contributed by atoms with Crippen molar-refractivity contribution in [1.82, 2.24) is 4.98 Å². The lowest BCUT2D eigenvalue weighted by Crippen LogP contribution is -2.43. The number of rotatable bonds is 4. The molecule has 0 aliphatic heterocycles. The average molecular weight is 319 g/mol. The van der Waals surface area contributed by atoms with Crippen LogP contribution in [0.3, 0.4) is 0 Å². The molecule has 3 heteroatoms. The second kappa shape index (κ2) is 6.91. The fourth-order valence-electron chi connectivity index (χ4n) is 2.68. The van der Waals surface area contributed by atoms with Crippen molar-refractivity contribution in [2.45, 2.75) is 39.3 Å². The molecule has 0 amide bonds. The monoisotopic (exact) mass is 319 g/mol. The summed E-state index contributed by atoms with van der Waals surface area (Å²) in [6.45, 7) is 8.65. The van der Waals surface area contributed by atoms with Gasteiger partial charge in [-0.25, -0.2) is 0 Å². The van der Waals surface area contributed by atoms with E-state index in [1.165, 1.54) is 16.7 Å². The number of pyridine rings is 3. The van der Waals surface area contributed by atoms with Crippen LogP contribution in [0.5, 0.6) is 0 Å². The molecule has 0 radical (unpaired) electrons. The zero-order valence-corrected chi connectivity index (χ0v) is 14.7. The maximum absolute atomic E-state index is 4.06. The standard InChI is InChI=1S/C21H25N3/c1-21(2,3)20-8-14-24(15-9-20)17-16-23-12-6-19(7-13-23)18-4-10-22-11-5-18/h4-15H,16-17H2,1-3H3/q+2. The Morgan fingerprint density at radius 1 is 0.708 bits per heavy atom. The van der Waals surface area contributed by atoms with Gasteiger partial charge in [-0.2, -0.15) is 9.13 Å². The molecule has 3 heterocycles. The highest BCUT2D eigenvalue weighted by Crippen LogP contribution is 2.20. The van der Waals surface area contributed by atoms with Gasteiger partial charge in [0.2, 0.25) is 13.1 Å². The van der Waals surface area contributed by atoms with Gasteiger partial charge in [-0.05, 0) is 34.2 Å². The van der Waals surface area contributed by atoms with Gasteiger partial charge in [0, 0.05) is 36.7 Å². The van der Waals surface area contributed by atoms with Crippen molar-refractivity contribution < 1.29 is 9.13 Å². The summed E-state index contributed by atoms with van der Waals surface area (Å²) in [6.07, 6.45) is 12.3. The summed E-state index contributed by atoms with van der Waals surface area (Å²) in [6, 6.07) is 12.8. The van der Waals surface area contributed by atoms with Gasteiger partial charge in [0.15, 0.2) is 24.8 Å². The first-order chi connectivity index (χ1) is 11.5. The Labute approximate surface area is 144 Å². The zero-order chi connectivity index (χ0) is 17.0. The van der Waals surface area contributed by atoms with Gasteiger partial charge < -0.3 is 0 Å². The first-order valence-electron chi connectivity index (χ1n) is 8.41. The van der Waals surface area contributed by atoms with E-state index in [2.05, 4.69) is 83.9 Å². The average Bonchev–Trinajstić information content (AvgIpc) is 2.61. The number of aromatic nitrogens is 3. The lowest BCUT2D eigenvalue weighted by molar-refractivity contribution is -0.778. The Morgan fingerprint density at radius 3 is 1.67 bits per heavy atom. The van der Waals surface area contributed by atoms with E-state index >= 15 is 0 Å². The summed E-state index contributed by atoms with van der Waals surface area (Å²) >= 11 is 0. The van der Waals surface area contributed by atoms with Crippen LogP contribution >= 0.6 is 0 Å². The second-order valence-corrected chi connectivity index (χ2v) is 7.14. The summed E-state index contributed by atoms with van der Waals surface area (Å²) in [7, 11) is 0. The molecule has 0 atom stereocenters. The lowest BCUT2D eigenvalue weighted by Gasteiger charge is -2.17. The zero-order valence-electron chi connectivity index (χ0n) is 14.7. The third-order valence-electron chi connectivity index (χ3n) is 4.28. The minimum absolute atomic E-state index is 0.205. The molecule has 0 aliphatic carbocycles. The summed E-state index contributed by atoms with van der Waals surface area (Å²) in [4.78, 5) is 4.06. The SMILES string of the molecule is CC(C)(C)c1cc[n+](CC[n+]2ccc(-c3ccncc3)cc2)cc1. The fourth-order valence-corrected chi connectivity index (χ4v) is 2.68. The van der Waals surface area contributed by atoms with Crippen LogP contribution < -0.4 is 9.13 Å². The maximum atomic E-state index is 4.06. The fraction of sp³-hybridized carbons (Fsp3) is 0.286. The maximum Gasteiger partial charge on any atom is 0.206 e. The van der Waals surface area contributed by atoms with Gasteiger partial charge in [0.25, 0.3) is 0 Å². The first-order valence-corrected chi connectivity index (χ1v) is 8.41. The molecule has 3 aromatic heterocycles. The highest BCUT2D eigenvalue weighted by molar-refractivity contribution is 5.61. The van der Waals surface area contributed by atoms with Crippen molar-refractivity contribution in [3.8, 4) is 11.1 Å². The highest BCUT2D eigenvalue weighted by Gasteiger charge is 2.15. The van der Waals surface area contributed by atoms with Crippen LogP contribution in [0.2, 0.25) is 0 Å². The van der Waals surface area contributed by atoms with E-state index in [1.807, 2.05) is 24.5 Å². The van der Waals surface area contributed by atoms with Gasteiger partial charge in [-0.1, -0.05) is 20.8 Å². The van der Waals surface area contributed by atoms with Crippen molar-refractivity contribution in [1.29, 1.82) is 0 Å². The smallest absolute Gasteiger partial charge is 0.206 e. The van der Waals surface area contributed by atoms with Crippen LogP contribution in [0.4, 0.5) is 0 Å². The van der Waals surface area contributed by atoms with E-state index in [1.54, 1.807) is 0 Å². The van der Waals surface area contributed by atoms with Crippen molar-refractivity contribution in [2.75, 3.05) is 0 Å².